The number of aliphatic hydroxyl groups is 1. The molecule has 3 aliphatic rings. The van der Waals surface area contributed by atoms with Crippen molar-refractivity contribution in [3.63, 3.8) is 0 Å². The molecule has 0 unspecified atom stereocenters. The first-order valence-electron chi connectivity index (χ1n) is 13.0. The molecule has 0 atom stereocenters. The lowest BCUT2D eigenvalue weighted by Crippen LogP contribution is -2.41. The highest BCUT2D eigenvalue weighted by molar-refractivity contribution is 6.33. The fourth-order valence-corrected chi connectivity index (χ4v) is 5.25. The van der Waals surface area contributed by atoms with Gasteiger partial charge in [0.05, 0.1) is 27.8 Å². The molecule has 0 aromatic carbocycles. The molecule has 8 nitrogen and oxygen atoms in total. The van der Waals surface area contributed by atoms with E-state index in [-0.39, 0.29) is 0 Å². The summed E-state index contributed by atoms with van der Waals surface area (Å²) in [6.07, 6.45) is 9.24. The van der Waals surface area contributed by atoms with Gasteiger partial charge in [0.1, 0.15) is 11.6 Å². The summed E-state index contributed by atoms with van der Waals surface area (Å²) in [5, 5.41) is 30.8. The van der Waals surface area contributed by atoms with E-state index in [9.17, 15) is 10.4 Å². The second kappa shape index (κ2) is 10.9. The molecular formula is C27H35ClN6O2. The minimum Gasteiger partial charge on any atom is -0.389 e. The first-order valence-corrected chi connectivity index (χ1v) is 13.4. The van der Waals surface area contributed by atoms with Crippen molar-refractivity contribution < 1.29 is 9.84 Å². The van der Waals surface area contributed by atoms with Gasteiger partial charge in [0.25, 0.3) is 0 Å². The van der Waals surface area contributed by atoms with E-state index in [2.05, 4.69) is 27.0 Å². The van der Waals surface area contributed by atoms with E-state index in [1.54, 1.807) is 6.20 Å². The molecule has 3 heterocycles. The third-order valence-corrected chi connectivity index (χ3v) is 8.10. The molecule has 0 amide bonds. The maximum atomic E-state index is 10.1. The number of hydrogen-bond donors (Lipinski definition) is 4. The number of aromatic nitrogens is 2. The van der Waals surface area contributed by atoms with Gasteiger partial charge in [-0.2, -0.15) is 5.26 Å². The first kappa shape index (κ1) is 25.2. The average molecular weight is 511 g/mol. The number of rotatable bonds is 9. The zero-order valence-corrected chi connectivity index (χ0v) is 21.4. The van der Waals surface area contributed by atoms with Crippen molar-refractivity contribution in [3.05, 3.63) is 35.5 Å². The molecule has 5 rings (SSSR count). The summed E-state index contributed by atoms with van der Waals surface area (Å²) in [6, 6.07) is 11.1. The van der Waals surface area contributed by atoms with Crippen molar-refractivity contribution in [1.82, 2.24) is 15.3 Å². The molecule has 2 aromatic heterocycles. The molecule has 4 N–H and O–H groups in total. The molecular weight excluding hydrogens is 476 g/mol. The maximum Gasteiger partial charge on any atom is 0.126 e. The summed E-state index contributed by atoms with van der Waals surface area (Å²) in [4.78, 5) is 9.29. The Kier molecular flexibility index (Phi) is 7.63. The summed E-state index contributed by atoms with van der Waals surface area (Å²) >= 11 is 6.53. The first-order chi connectivity index (χ1) is 17.5. The van der Waals surface area contributed by atoms with Crippen molar-refractivity contribution in [1.29, 1.82) is 5.26 Å². The highest BCUT2D eigenvalue weighted by Gasteiger charge is 2.40. The Morgan fingerprint density at radius 3 is 2.53 bits per heavy atom. The zero-order chi connectivity index (χ0) is 25.0. The minimum absolute atomic E-state index is 0.358. The van der Waals surface area contributed by atoms with E-state index in [1.807, 2.05) is 24.3 Å². The van der Waals surface area contributed by atoms with Crippen LogP contribution in [0, 0.1) is 16.7 Å². The predicted octanol–water partition coefficient (Wildman–Crippen LogP) is 4.37. The summed E-state index contributed by atoms with van der Waals surface area (Å²) in [5.74, 6) is 1.52. The standard InChI is InChI=1S/C27H35ClN6O2/c28-22-15-30-25(33-20-6-4-19(5-7-20)31-18-27(35)8-9-27)14-21(22)23-2-1-3-24(34-23)32-17-26(16-29)10-12-36-13-11-26/h1-3,14-15,19-20,31,35H,4-13,17-18H2,(H,30,33)(H,32,34). The van der Waals surface area contributed by atoms with Gasteiger partial charge in [-0.05, 0) is 69.6 Å². The summed E-state index contributed by atoms with van der Waals surface area (Å²) in [7, 11) is 0. The number of nitrogens with zero attached hydrogens (tertiary/aromatic N) is 3. The van der Waals surface area contributed by atoms with E-state index < -0.39 is 11.0 Å². The van der Waals surface area contributed by atoms with Gasteiger partial charge in [-0.25, -0.2) is 9.97 Å². The lowest BCUT2D eigenvalue weighted by atomic mass is 9.82. The number of pyridine rings is 2. The van der Waals surface area contributed by atoms with Gasteiger partial charge >= 0.3 is 0 Å². The molecule has 1 saturated heterocycles. The SMILES string of the molecule is N#CC1(CNc2cccc(-c3cc(NC4CCC(NCC5(O)CC5)CC4)ncc3Cl)n2)CCOCC1. The number of anilines is 2. The highest BCUT2D eigenvalue weighted by Crippen LogP contribution is 2.35. The van der Waals surface area contributed by atoms with Crippen LogP contribution in [-0.2, 0) is 4.74 Å². The molecule has 0 spiro atoms. The van der Waals surface area contributed by atoms with Gasteiger partial charge in [0.2, 0.25) is 0 Å². The lowest BCUT2D eigenvalue weighted by Gasteiger charge is -2.31. The molecule has 2 aromatic rings. The van der Waals surface area contributed by atoms with Crippen LogP contribution in [0.3, 0.4) is 0 Å². The summed E-state index contributed by atoms with van der Waals surface area (Å²) in [5.41, 5.74) is 0.723. The van der Waals surface area contributed by atoms with Crippen molar-refractivity contribution in [2.45, 2.75) is 69.1 Å². The van der Waals surface area contributed by atoms with E-state index in [1.165, 1.54) is 0 Å². The number of nitrogens with one attached hydrogen (secondary N) is 3. The number of ether oxygens (including phenoxy) is 1. The van der Waals surface area contributed by atoms with E-state index in [4.69, 9.17) is 21.3 Å². The van der Waals surface area contributed by atoms with E-state index in [0.29, 0.717) is 43.4 Å². The maximum absolute atomic E-state index is 10.1. The summed E-state index contributed by atoms with van der Waals surface area (Å²) in [6.45, 7) is 2.49. The Balaban J connectivity index is 1.19. The second-order valence-electron chi connectivity index (χ2n) is 10.6. The Morgan fingerprint density at radius 2 is 1.81 bits per heavy atom. The van der Waals surface area contributed by atoms with E-state index >= 15 is 0 Å². The van der Waals surface area contributed by atoms with Crippen molar-refractivity contribution in [2.75, 3.05) is 36.9 Å². The van der Waals surface area contributed by atoms with Crippen molar-refractivity contribution >= 4 is 23.2 Å². The molecule has 36 heavy (non-hydrogen) atoms. The predicted molar refractivity (Wildman–Crippen MR) is 141 cm³/mol. The summed E-state index contributed by atoms with van der Waals surface area (Å²) < 4.78 is 5.43. The van der Waals surface area contributed by atoms with Gasteiger partial charge in [-0.3, -0.25) is 0 Å². The molecule has 2 saturated carbocycles. The molecule has 0 bridgehead atoms. The molecule has 9 heteroatoms. The van der Waals surface area contributed by atoms with Crippen LogP contribution in [0.25, 0.3) is 11.3 Å². The van der Waals surface area contributed by atoms with E-state index in [0.717, 1.165) is 74.3 Å². The van der Waals surface area contributed by atoms with Crippen molar-refractivity contribution in [3.8, 4) is 17.3 Å². The third-order valence-electron chi connectivity index (χ3n) is 7.80. The normalized spacial score (nSPS) is 24.5. The minimum atomic E-state index is -0.443. The topological polar surface area (TPSA) is 115 Å². The lowest BCUT2D eigenvalue weighted by molar-refractivity contribution is 0.0455. The van der Waals surface area contributed by atoms with Crippen LogP contribution >= 0.6 is 11.6 Å². The van der Waals surface area contributed by atoms with Crippen LogP contribution in [0.5, 0.6) is 0 Å². The molecule has 3 fully saturated rings. The number of hydrogen-bond acceptors (Lipinski definition) is 8. The second-order valence-corrected chi connectivity index (χ2v) is 11.0. The Hall–Kier alpha value is -2.44. The number of halogens is 1. The van der Waals surface area contributed by atoms with Gasteiger partial charge in [0.15, 0.2) is 0 Å². The average Bonchev–Trinajstić information content (AvgIpc) is 3.66. The number of nitriles is 1. The van der Waals surface area contributed by atoms with Gasteiger partial charge < -0.3 is 25.8 Å². The Morgan fingerprint density at radius 1 is 1.06 bits per heavy atom. The molecule has 1 aliphatic heterocycles. The molecule has 2 aliphatic carbocycles. The van der Waals surface area contributed by atoms with Crippen LogP contribution in [0.2, 0.25) is 5.02 Å². The van der Waals surface area contributed by atoms with Crippen LogP contribution < -0.4 is 16.0 Å². The molecule has 0 radical (unpaired) electrons. The fourth-order valence-electron chi connectivity index (χ4n) is 5.05. The smallest absolute Gasteiger partial charge is 0.126 e. The van der Waals surface area contributed by atoms with Crippen LogP contribution in [-0.4, -0.2) is 59.1 Å². The Labute approximate surface area is 217 Å². The quantitative estimate of drug-likeness (QED) is 0.393. The Bertz CT molecular complexity index is 1090. The van der Waals surface area contributed by atoms with Gasteiger partial charge in [-0.1, -0.05) is 17.7 Å². The van der Waals surface area contributed by atoms with Crippen LogP contribution in [0.4, 0.5) is 11.6 Å². The fraction of sp³-hybridized carbons (Fsp3) is 0.593. The largest absolute Gasteiger partial charge is 0.389 e. The van der Waals surface area contributed by atoms with Gasteiger partial charge in [-0.15, -0.1) is 0 Å². The highest BCUT2D eigenvalue weighted by atomic mass is 35.5. The van der Waals surface area contributed by atoms with Crippen LogP contribution in [0.15, 0.2) is 30.5 Å². The third kappa shape index (κ3) is 6.27. The monoisotopic (exact) mass is 510 g/mol. The van der Waals surface area contributed by atoms with Crippen molar-refractivity contribution in [2.24, 2.45) is 5.41 Å². The molecule has 192 valence electrons. The van der Waals surface area contributed by atoms with Gasteiger partial charge in [0, 0.05) is 50.1 Å². The zero-order valence-electron chi connectivity index (χ0n) is 20.6. The van der Waals surface area contributed by atoms with Crippen LogP contribution in [0.1, 0.15) is 51.4 Å².